The van der Waals surface area contributed by atoms with Crippen molar-refractivity contribution in [3.05, 3.63) is 146 Å². The fourth-order valence-corrected chi connectivity index (χ4v) is 11.9. The molecule has 0 aliphatic carbocycles. The third-order valence-corrected chi connectivity index (χ3v) is 13.9. The van der Waals surface area contributed by atoms with Crippen LogP contribution in [0.5, 0.6) is 0 Å². The van der Waals surface area contributed by atoms with E-state index in [4.69, 9.17) is 4.98 Å². The summed E-state index contributed by atoms with van der Waals surface area (Å²) in [6.07, 6.45) is 0. The van der Waals surface area contributed by atoms with Gasteiger partial charge in [0.1, 0.15) is 5.82 Å². The Bertz CT molecular complexity index is 3390. The Morgan fingerprint density at radius 3 is 1.76 bits per heavy atom. The first-order chi connectivity index (χ1) is 24.8. The predicted molar refractivity (Wildman–Crippen MR) is 220 cm³/mol. The Morgan fingerprint density at radius 2 is 0.960 bits per heavy atom. The SMILES string of the molecule is c1ccc2c(c1)sc1c(-c3nc(-n4c5ccccc5c5c6c7ccccc7sc6c6ccccc6c54)cc4sc5ccccc5c34)cccc12. The number of thiophene rings is 3. The largest absolute Gasteiger partial charge is 0.293 e. The first-order valence-corrected chi connectivity index (χ1v) is 19.3. The van der Waals surface area contributed by atoms with Crippen molar-refractivity contribution in [1.29, 1.82) is 0 Å². The summed E-state index contributed by atoms with van der Waals surface area (Å²) in [4.78, 5) is 5.77. The molecule has 0 aliphatic rings. The van der Waals surface area contributed by atoms with Gasteiger partial charge in [-0.05, 0) is 30.3 Å². The maximum atomic E-state index is 5.77. The third kappa shape index (κ3) is 3.54. The molecule has 0 amide bonds. The second-order valence-corrected chi connectivity index (χ2v) is 16.2. The van der Waals surface area contributed by atoms with Crippen LogP contribution in [-0.2, 0) is 0 Å². The molecule has 0 radical (unpaired) electrons. The molecular weight excluding hydrogens is 665 g/mol. The average Bonchev–Trinajstić information content (AvgIpc) is 3.93. The van der Waals surface area contributed by atoms with Gasteiger partial charge in [0.05, 0.1) is 16.7 Å². The number of nitrogens with zero attached hydrogens (tertiary/aromatic N) is 2. The van der Waals surface area contributed by atoms with Crippen LogP contribution in [0.15, 0.2) is 146 Å². The maximum Gasteiger partial charge on any atom is 0.139 e. The molecule has 0 fully saturated rings. The molecule has 0 saturated heterocycles. The number of benzene rings is 7. The van der Waals surface area contributed by atoms with Crippen molar-refractivity contribution in [2.75, 3.05) is 0 Å². The van der Waals surface area contributed by atoms with E-state index in [9.17, 15) is 0 Å². The molecule has 0 unspecified atom stereocenters. The van der Waals surface area contributed by atoms with Crippen LogP contribution >= 0.6 is 34.0 Å². The van der Waals surface area contributed by atoms with Gasteiger partial charge in [0.15, 0.2) is 0 Å². The number of hydrogen-bond donors (Lipinski definition) is 0. The molecular formula is C45H24N2S3. The molecule has 0 N–H and O–H groups in total. The number of fused-ring (bicyclic) bond motifs is 16. The summed E-state index contributed by atoms with van der Waals surface area (Å²) < 4.78 is 10.2. The lowest BCUT2D eigenvalue weighted by Gasteiger charge is -2.13. The molecule has 5 aromatic heterocycles. The van der Waals surface area contributed by atoms with Crippen LogP contribution in [0.25, 0.3) is 110 Å². The van der Waals surface area contributed by atoms with Gasteiger partial charge in [-0.3, -0.25) is 4.57 Å². The minimum atomic E-state index is 0.951. The Hall–Kier alpha value is -5.59. The van der Waals surface area contributed by atoms with Crippen molar-refractivity contribution >= 4 is 127 Å². The average molecular weight is 689 g/mol. The Labute approximate surface area is 297 Å². The molecule has 12 rings (SSSR count). The van der Waals surface area contributed by atoms with E-state index in [1.807, 2.05) is 34.0 Å². The van der Waals surface area contributed by atoms with E-state index in [0.717, 1.165) is 11.5 Å². The highest BCUT2D eigenvalue weighted by molar-refractivity contribution is 7.27. The molecule has 0 saturated carbocycles. The van der Waals surface area contributed by atoms with Crippen molar-refractivity contribution < 1.29 is 0 Å². The normalized spacial score (nSPS) is 12.4. The second-order valence-electron chi connectivity index (χ2n) is 13.0. The number of hydrogen-bond acceptors (Lipinski definition) is 4. The fourth-order valence-electron chi connectivity index (χ4n) is 8.33. The lowest BCUT2D eigenvalue weighted by molar-refractivity contribution is 1.10. The van der Waals surface area contributed by atoms with Gasteiger partial charge in [-0.15, -0.1) is 34.0 Å². The second kappa shape index (κ2) is 9.99. The molecule has 0 atom stereocenters. The number of aromatic nitrogens is 2. The van der Waals surface area contributed by atoms with E-state index in [1.54, 1.807) is 0 Å². The van der Waals surface area contributed by atoms with E-state index < -0.39 is 0 Å². The van der Waals surface area contributed by atoms with Crippen molar-refractivity contribution in [3.8, 4) is 17.1 Å². The van der Waals surface area contributed by atoms with Crippen molar-refractivity contribution in [2.24, 2.45) is 0 Å². The summed E-state index contributed by atoms with van der Waals surface area (Å²) in [5.41, 5.74) is 4.63. The Balaban J connectivity index is 1.29. The molecule has 12 aromatic rings. The summed E-state index contributed by atoms with van der Waals surface area (Å²) in [5.74, 6) is 0.951. The minimum Gasteiger partial charge on any atom is -0.293 e. The smallest absolute Gasteiger partial charge is 0.139 e. The monoisotopic (exact) mass is 688 g/mol. The Kier molecular flexibility index (Phi) is 5.45. The molecule has 0 aliphatic heterocycles. The summed E-state index contributed by atoms with van der Waals surface area (Å²) in [7, 11) is 0. The Morgan fingerprint density at radius 1 is 0.400 bits per heavy atom. The maximum absolute atomic E-state index is 5.77. The van der Waals surface area contributed by atoms with E-state index in [0.29, 0.717) is 0 Å². The number of para-hydroxylation sites is 1. The van der Waals surface area contributed by atoms with Crippen LogP contribution in [0.2, 0.25) is 0 Å². The topological polar surface area (TPSA) is 17.8 Å². The van der Waals surface area contributed by atoms with Crippen molar-refractivity contribution in [1.82, 2.24) is 9.55 Å². The van der Waals surface area contributed by atoms with E-state index in [2.05, 4.69) is 150 Å². The molecule has 7 aromatic carbocycles. The quantitative estimate of drug-likeness (QED) is 0.177. The van der Waals surface area contributed by atoms with E-state index in [-0.39, 0.29) is 0 Å². The minimum absolute atomic E-state index is 0.951. The lowest BCUT2D eigenvalue weighted by atomic mass is 10.00. The lowest BCUT2D eigenvalue weighted by Crippen LogP contribution is -2.00. The standard InChI is InChI=1S/C45H24N2S3/c1-2-14-28-26(13-1)43-40(41-31-17-6-10-23-36(31)50-45(28)41)29-15-3-7-20-33(29)47(43)38-24-37-39(30-16-5-9-22-35(30)48-37)42(46-38)32-19-11-18-27-25-12-4-8-21-34(25)49-44(27)32/h1-24H. The first-order valence-electron chi connectivity index (χ1n) is 16.8. The summed E-state index contributed by atoms with van der Waals surface area (Å²) in [6, 6.07) is 53.4. The first kappa shape index (κ1) is 27.3. The zero-order valence-corrected chi connectivity index (χ0v) is 28.9. The van der Waals surface area contributed by atoms with Crippen LogP contribution < -0.4 is 0 Å². The molecule has 5 heterocycles. The molecule has 2 nitrogen and oxygen atoms in total. The predicted octanol–water partition coefficient (Wildman–Crippen LogP) is 14.1. The number of rotatable bonds is 2. The van der Waals surface area contributed by atoms with Crippen LogP contribution in [0.4, 0.5) is 0 Å². The van der Waals surface area contributed by atoms with Gasteiger partial charge in [-0.1, -0.05) is 115 Å². The van der Waals surface area contributed by atoms with E-state index >= 15 is 0 Å². The zero-order chi connectivity index (χ0) is 32.5. The van der Waals surface area contributed by atoms with Gasteiger partial charge in [-0.2, -0.15) is 0 Å². The van der Waals surface area contributed by atoms with Gasteiger partial charge in [0.25, 0.3) is 0 Å². The summed E-state index contributed by atoms with van der Waals surface area (Å²) in [6.45, 7) is 0. The molecule has 232 valence electrons. The van der Waals surface area contributed by atoms with Crippen LogP contribution in [0.3, 0.4) is 0 Å². The highest BCUT2D eigenvalue weighted by atomic mass is 32.1. The van der Waals surface area contributed by atoms with Crippen LogP contribution in [-0.4, -0.2) is 9.55 Å². The van der Waals surface area contributed by atoms with Crippen LogP contribution in [0, 0.1) is 0 Å². The fraction of sp³-hybridized carbons (Fsp3) is 0. The molecule has 0 bridgehead atoms. The summed E-state index contributed by atoms with van der Waals surface area (Å²) in [5, 5.41) is 12.8. The van der Waals surface area contributed by atoms with Crippen molar-refractivity contribution in [2.45, 2.75) is 0 Å². The molecule has 50 heavy (non-hydrogen) atoms. The van der Waals surface area contributed by atoms with E-state index in [1.165, 1.54) is 98.7 Å². The zero-order valence-electron chi connectivity index (χ0n) is 26.5. The van der Waals surface area contributed by atoms with Gasteiger partial charge >= 0.3 is 0 Å². The van der Waals surface area contributed by atoms with Gasteiger partial charge < -0.3 is 0 Å². The number of pyridine rings is 1. The molecule has 0 spiro atoms. The van der Waals surface area contributed by atoms with Gasteiger partial charge in [0.2, 0.25) is 0 Å². The van der Waals surface area contributed by atoms with Crippen LogP contribution in [0.1, 0.15) is 0 Å². The van der Waals surface area contributed by atoms with Crippen molar-refractivity contribution in [3.63, 3.8) is 0 Å². The van der Waals surface area contributed by atoms with Gasteiger partial charge in [-0.25, -0.2) is 4.98 Å². The summed E-state index contributed by atoms with van der Waals surface area (Å²) >= 11 is 5.64. The molecule has 5 heteroatoms. The highest BCUT2D eigenvalue weighted by Crippen LogP contribution is 2.49. The highest BCUT2D eigenvalue weighted by Gasteiger charge is 2.24. The van der Waals surface area contributed by atoms with Gasteiger partial charge in [0, 0.05) is 87.6 Å². The third-order valence-electron chi connectivity index (χ3n) is 10.4.